The fourth-order valence-corrected chi connectivity index (χ4v) is 5.75. The first kappa shape index (κ1) is 25.7. The summed E-state index contributed by atoms with van der Waals surface area (Å²) in [6, 6.07) is 8.32. The van der Waals surface area contributed by atoms with Crippen molar-refractivity contribution >= 4 is 29.2 Å². The highest BCUT2D eigenvalue weighted by Gasteiger charge is 2.37. The molecule has 3 aliphatic rings. The number of carbonyl (C=O) groups is 1. The second-order valence-corrected chi connectivity index (χ2v) is 10.5. The van der Waals surface area contributed by atoms with Crippen LogP contribution >= 0.6 is 11.6 Å². The number of hydrogen-bond donors (Lipinski definition) is 2. The number of rotatable bonds is 5. The number of piperidine rings is 1. The Hall–Kier alpha value is -2.95. The molecule has 3 aliphatic heterocycles. The first-order valence-electron chi connectivity index (χ1n) is 13.0. The number of hydrazone groups is 1. The minimum Gasteiger partial charge on any atom is -0.436 e. The number of nitrogens with two attached hydrogens (primary N) is 1. The van der Waals surface area contributed by atoms with Crippen LogP contribution in [-0.2, 0) is 4.74 Å². The van der Waals surface area contributed by atoms with Crippen molar-refractivity contribution in [2.45, 2.75) is 64.5 Å². The molecular weight excluding hydrogens is 492 g/mol. The van der Waals surface area contributed by atoms with Gasteiger partial charge in [-0.25, -0.2) is 9.97 Å². The molecule has 198 valence electrons. The van der Waals surface area contributed by atoms with Crippen LogP contribution in [0, 0.1) is 6.92 Å². The summed E-state index contributed by atoms with van der Waals surface area (Å²) in [5, 5.41) is 4.72. The lowest BCUT2D eigenvalue weighted by atomic mass is 9.96. The summed E-state index contributed by atoms with van der Waals surface area (Å²) in [6.07, 6.45) is 4.06. The van der Waals surface area contributed by atoms with Crippen LogP contribution in [0.5, 0.6) is 0 Å². The largest absolute Gasteiger partial charge is 0.436 e. The van der Waals surface area contributed by atoms with E-state index in [0.717, 1.165) is 57.0 Å². The summed E-state index contributed by atoms with van der Waals surface area (Å²) in [5.74, 6) is 1.35. The van der Waals surface area contributed by atoms with Gasteiger partial charge in [-0.05, 0) is 57.4 Å². The molecule has 2 fully saturated rings. The number of benzene rings is 1. The number of anilines is 1. The number of piperazine rings is 1. The molecule has 1 aromatic carbocycles. The molecular formula is C26H35ClN8O2. The molecule has 3 atom stereocenters. The van der Waals surface area contributed by atoms with Gasteiger partial charge in [0, 0.05) is 54.9 Å². The number of aryl methyl sites for hydroxylation is 1. The Kier molecular flexibility index (Phi) is 7.50. The molecule has 3 N–H and O–H groups in total. The van der Waals surface area contributed by atoms with Gasteiger partial charge in [-0.1, -0.05) is 18.5 Å². The maximum atomic E-state index is 12.9. The van der Waals surface area contributed by atoms with Crippen molar-refractivity contribution in [1.29, 1.82) is 0 Å². The summed E-state index contributed by atoms with van der Waals surface area (Å²) in [7, 11) is 0. The summed E-state index contributed by atoms with van der Waals surface area (Å²) < 4.78 is 5.44. The Morgan fingerprint density at radius 1 is 1.22 bits per heavy atom. The molecule has 0 spiro atoms. The lowest BCUT2D eigenvalue weighted by Gasteiger charge is -2.50. The van der Waals surface area contributed by atoms with Gasteiger partial charge in [-0.2, -0.15) is 0 Å². The van der Waals surface area contributed by atoms with E-state index in [1.54, 1.807) is 18.3 Å². The van der Waals surface area contributed by atoms with Crippen LogP contribution in [0.4, 0.5) is 5.82 Å². The Labute approximate surface area is 222 Å². The monoisotopic (exact) mass is 526 g/mol. The van der Waals surface area contributed by atoms with E-state index in [0.29, 0.717) is 34.3 Å². The van der Waals surface area contributed by atoms with E-state index in [2.05, 4.69) is 34.2 Å². The van der Waals surface area contributed by atoms with Crippen molar-refractivity contribution in [2.75, 3.05) is 31.1 Å². The van der Waals surface area contributed by atoms with Gasteiger partial charge < -0.3 is 14.5 Å². The number of ether oxygens (including phenoxy) is 1. The average molecular weight is 527 g/mol. The van der Waals surface area contributed by atoms with Crippen molar-refractivity contribution in [3.63, 3.8) is 0 Å². The lowest BCUT2D eigenvalue weighted by molar-refractivity contribution is 0.0434. The molecule has 2 unspecified atom stereocenters. The van der Waals surface area contributed by atoms with Gasteiger partial charge in [-0.15, -0.1) is 5.10 Å². The number of nitrogens with one attached hydrogen (secondary N) is 1. The first-order chi connectivity index (χ1) is 17.8. The molecule has 11 heteroatoms. The predicted octanol–water partition coefficient (Wildman–Crippen LogP) is 2.56. The third-order valence-electron chi connectivity index (χ3n) is 7.61. The van der Waals surface area contributed by atoms with Crippen molar-refractivity contribution in [2.24, 2.45) is 10.8 Å². The Morgan fingerprint density at radius 2 is 1.95 bits per heavy atom. The molecule has 2 saturated heterocycles. The van der Waals surface area contributed by atoms with Crippen LogP contribution in [0.25, 0.3) is 0 Å². The number of carbonyl (C=O) groups excluding carboxylic acids is 1. The minimum absolute atomic E-state index is 0.0876. The van der Waals surface area contributed by atoms with E-state index >= 15 is 0 Å². The molecule has 1 amide bonds. The molecule has 0 aliphatic carbocycles. The highest BCUT2D eigenvalue weighted by Crippen LogP contribution is 2.30. The molecule has 0 radical (unpaired) electrons. The molecule has 2 aromatic rings. The molecule has 37 heavy (non-hydrogen) atoms. The van der Waals surface area contributed by atoms with Gasteiger partial charge in [0.2, 0.25) is 6.35 Å². The SMILES string of the molecule is CCC1CN(c2ncc(C3=NNC(N)O3)nc2C)[C@H](C)CN1C1CCN(C(=O)c2ccc(Cl)cc2)CC1. The maximum Gasteiger partial charge on any atom is 0.261 e. The molecule has 4 heterocycles. The standard InChI is InChI=1S/C26H35ClN8O2/c1-4-20-15-34(23-17(3)30-22(13-29-23)24-31-32-26(28)37-24)16(2)14-35(20)21-9-11-33(12-10-21)25(36)18-5-7-19(27)8-6-18/h5-8,13,16,20-21,26,32H,4,9-12,14-15,28H2,1-3H3/t16-,20?,26?/m1/s1. The second kappa shape index (κ2) is 10.8. The van der Waals surface area contributed by atoms with Gasteiger partial charge in [0.05, 0.1) is 11.9 Å². The highest BCUT2D eigenvalue weighted by molar-refractivity contribution is 6.30. The molecule has 10 nitrogen and oxygen atoms in total. The van der Waals surface area contributed by atoms with Crippen LogP contribution in [0.15, 0.2) is 35.6 Å². The number of amides is 1. The summed E-state index contributed by atoms with van der Waals surface area (Å²) >= 11 is 5.99. The smallest absolute Gasteiger partial charge is 0.261 e. The number of likely N-dealkylation sites (tertiary alicyclic amines) is 1. The summed E-state index contributed by atoms with van der Waals surface area (Å²) in [6.45, 7) is 9.86. The topological polar surface area (TPSA) is 112 Å². The number of hydrogen-bond acceptors (Lipinski definition) is 9. The Balaban J connectivity index is 1.23. The highest BCUT2D eigenvalue weighted by atomic mass is 35.5. The Bertz CT molecular complexity index is 1150. The maximum absolute atomic E-state index is 12.9. The molecule has 0 saturated carbocycles. The van der Waals surface area contributed by atoms with Crippen LogP contribution < -0.4 is 16.1 Å². The van der Waals surface area contributed by atoms with E-state index in [-0.39, 0.29) is 11.9 Å². The van der Waals surface area contributed by atoms with Gasteiger partial charge >= 0.3 is 0 Å². The average Bonchev–Trinajstić information content (AvgIpc) is 3.35. The molecule has 5 rings (SSSR count). The first-order valence-corrected chi connectivity index (χ1v) is 13.4. The van der Waals surface area contributed by atoms with Crippen molar-refractivity contribution in [1.82, 2.24) is 25.2 Å². The Morgan fingerprint density at radius 3 is 2.57 bits per heavy atom. The van der Waals surface area contributed by atoms with Crippen LogP contribution in [0.3, 0.4) is 0 Å². The fraction of sp³-hybridized carbons (Fsp3) is 0.538. The van der Waals surface area contributed by atoms with Crippen molar-refractivity contribution in [3.8, 4) is 0 Å². The fourth-order valence-electron chi connectivity index (χ4n) is 5.62. The molecule has 0 bridgehead atoms. The van der Waals surface area contributed by atoms with Gasteiger partial charge in [-0.3, -0.25) is 20.9 Å². The number of nitrogens with zero attached hydrogens (tertiary/aromatic N) is 6. The third kappa shape index (κ3) is 5.37. The van der Waals surface area contributed by atoms with E-state index in [1.807, 2.05) is 24.0 Å². The van der Waals surface area contributed by atoms with E-state index in [1.165, 1.54) is 0 Å². The van der Waals surface area contributed by atoms with E-state index in [4.69, 9.17) is 32.0 Å². The zero-order chi connectivity index (χ0) is 26.1. The zero-order valence-electron chi connectivity index (χ0n) is 21.6. The summed E-state index contributed by atoms with van der Waals surface area (Å²) in [4.78, 5) is 29.4. The van der Waals surface area contributed by atoms with Gasteiger partial charge in [0.1, 0.15) is 11.5 Å². The van der Waals surface area contributed by atoms with E-state index in [9.17, 15) is 4.79 Å². The quantitative estimate of drug-likeness (QED) is 0.611. The number of halogens is 1. The zero-order valence-corrected chi connectivity index (χ0v) is 22.4. The van der Waals surface area contributed by atoms with E-state index < -0.39 is 6.35 Å². The van der Waals surface area contributed by atoms with Crippen LogP contribution in [-0.4, -0.2) is 82.2 Å². The van der Waals surface area contributed by atoms with Gasteiger partial charge in [0.25, 0.3) is 11.8 Å². The second-order valence-electron chi connectivity index (χ2n) is 10.0. The summed E-state index contributed by atoms with van der Waals surface area (Å²) in [5.41, 5.74) is 10.5. The van der Waals surface area contributed by atoms with Crippen molar-refractivity contribution in [3.05, 3.63) is 52.4 Å². The number of aromatic nitrogens is 2. The van der Waals surface area contributed by atoms with Crippen molar-refractivity contribution < 1.29 is 9.53 Å². The molecule has 1 aromatic heterocycles. The third-order valence-corrected chi connectivity index (χ3v) is 7.86. The van der Waals surface area contributed by atoms with Gasteiger partial charge in [0.15, 0.2) is 0 Å². The normalized spacial score (nSPS) is 25.0. The van der Waals surface area contributed by atoms with Crippen LogP contribution in [0.1, 0.15) is 54.9 Å². The minimum atomic E-state index is -0.655. The van der Waals surface area contributed by atoms with Crippen LogP contribution in [0.2, 0.25) is 5.02 Å². The lowest BCUT2D eigenvalue weighted by Crippen LogP contribution is -2.62. The predicted molar refractivity (Wildman–Crippen MR) is 143 cm³/mol.